The van der Waals surface area contributed by atoms with Crippen LogP contribution in [-0.4, -0.2) is 17.2 Å². The molecule has 17 heavy (non-hydrogen) atoms. The molecule has 3 heteroatoms. The van der Waals surface area contributed by atoms with Crippen LogP contribution in [-0.2, 0) is 6.61 Å². The minimum absolute atomic E-state index is 0.0342. The van der Waals surface area contributed by atoms with Gasteiger partial charge in [-0.25, -0.2) is 0 Å². The fourth-order valence-corrected chi connectivity index (χ4v) is 1.74. The van der Waals surface area contributed by atoms with Crippen molar-refractivity contribution in [3.8, 4) is 17.0 Å². The lowest BCUT2D eigenvalue weighted by Crippen LogP contribution is -1.92. The lowest BCUT2D eigenvalue weighted by Gasteiger charge is -2.06. The lowest BCUT2D eigenvalue weighted by molar-refractivity contribution is 0.281. The molecule has 1 aromatic heterocycles. The number of benzene rings is 1. The van der Waals surface area contributed by atoms with Gasteiger partial charge in [0.05, 0.1) is 19.4 Å². The van der Waals surface area contributed by atoms with E-state index in [1.807, 2.05) is 43.3 Å². The second kappa shape index (κ2) is 4.97. The third kappa shape index (κ3) is 2.63. The van der Waals surface area contributed by atoms with Gasteiger partial charge in [0.1, 0.15) is 5.75 Å². The van der Waals surface area contributed by atoms with Gasteiger partial charge >= 0.3 is 0 Å². The summed E-state index contributed by atoms with van der Waals surface area (Å²) in [7, 11) is 1.64. The average molecular weight is 229 g/mol. The van der Waals surface area contributed by atoms with Gasteiger partial charge < -0.3 is 9.84 Å². The van der Waals surface area contributed by atoms with E-state index in [-0.39, 0.29) is 6.61 Å². The number of ether oxygens (including phenoxy) is 1. The number of aromatic nitrogens is 1. The van der Waals surface area contributed by atoms with Crippen LogP contribution in [0.1, 0.15) is 11.3 Å². The molecule has 0 aliphatic rings. The van der Waals surface area contributed by atoms with E-state index in [1.165, 1.54) is 0 Å². The summed E-state index contributed by atoms with van der Waals surface area (Å²) in [6.07, 6.45) is 0. The Morgan fingerprint density at radius 1 is 1.18 bits per heavy atom. The summed E-state index contributed by atoms with van der Waals surface area (Å²) >= 11 is 0. The Morgan fingerprint density at radius 3 is 2.47 bits per heavy atom. The highest BCUT2D eigenvalue weighted by molar-refractivity contribution is 5.61. The van der Waals surface area contributed by atoms with Crippen LogP contribution in [0.2, 0.25) is 0 Å². The first-order chi connectivity index (χ1) is 8.22. The number of pyridine rings is 1. The number of rotatable bonds is 3. The van der Waals surface area contributed by atoms with Crippen molar-refractivity contribution in [2.45, 2.75) is 13.5 Å². The Kier molecular flexibility index (Phi) is 3.40. The molecule has 0 aliphatic heterocycles. The van der Waals surface area contributed by atoms with Crippen molar-refractivity contribution in [3.05, 3.63) is 47.7 Å². The van der Waals surface area contributed by atoms with E-state index in [4.69, 9.17) is 9.84 Å². The van der Waals surface area contributed by atoms with Gasteiger partial charge in [-0.05, 0) is 48.9 Å². The Hall–Kier alpha value is -1.87. The zero-order valence-electron chi connectivity index (χ0n) is 9.97. The normalized spacial score (nSPS) is 10.3. The molecule has 0 saturated carbocycles. The fourth-order valence-electron chi connectivity index (χ4n) is 1.74. The molecular formula is C14H15NO2. The van der Waals surface area contributed by atoms with E-state index in [2.05, 4.69) is 4.98 Å². The summed E-state index contributed by atoms with van der Waals surface area (Å²) in [5, 5.41) is 9.17. The van der Waals surface area contributed by atoms with Gasteiger partial charge in [0.15, 0.2) is 0 Å². The highest BCUT2D eigenvalue weighted by atomic mass is 16.5. The largest absolute Gasteiger partial charge is 0.497 e. The molecule has 0 saturated heterocycles. The van der Waals surface area contributed by atoms with Crippen LogP contribution in [0.25, 0.3) is 11.3 Å². The Bertz CT molecular complexity index is 506. The third-order valence-corrected chi connectivity index (χ3v) is 2.58. The predicted molar refractivity (Wildman–Crippen MR) is 66.9 cm³/mol. The maximum atomic E-state index is 9.17. The van der Waals surface area contributed by atoms with E-state index < -0.39 is 0 Å². The zero-order valence-corrected chi connectivity index (χ0v) is 9.97. The first-order valence-corrected chi connectivity index (χ1v) is 5.46. The number of nitrogens with zero attached hydrogens (tertiary/aromatic N) is 1. The number of hydrogen-bond donors (Lipinski definition) is 1. The molecule has 0 radical (unpaired) electrons. The van der Waals surface area contributed by atoms with E-state index in [0.717, 1.165) is 28.3 Å². The van der Waals surface area contributed by atoms with Gasteiger partial charge in [-0.1, -0.05) is 0 Å². The molecule has 0 spiro atoms. The second-order valence-corrected chi connectivity index (χ2v) is 3.89. The van der Waals surface area contributed by atoms with E-state index >= 15 is 0 Å². The highest BCUT2D eigenvalue weighted by Gasteiger charge is 2.03. The summed E-state index contributed by atoms with van der Waals surface area (Å²) in [5.41, 5.74) is 3.67. The van der Waals surface area contributed by atoms with Crippen molar-refractivity contribution in [1.29, 1.82) is 0 Å². The molecule has 0 atom stereocenters. The maximum absolute atomic E-state index is 9.17. The molecule has 3 nitrogen and oxygen atoms in total. The minimum atomic E-state index is 0.0342. The first kappa shape index (κ1) is 11.6. The van der Waals surface area contributed by atoms with Crippen LogP contribution in [0.5, 0.6) is 5.75 Å². The molecule has 0 bridgehead atoms. The van der Waals surface area contributed by atoms with Crippen LogP contribution in [0.4, 0.5) is 0 Å². The summed E-state index contributed by atoms with van der Waals surface area (Å²) < 4.78 is 5.11. The maximum Gasteiger partial charge on any atom is 0.118 e. The quantitative estimate of drug-likeness (QED) is 0.879. The monoisotopic (exact) mass is 229 g/mol. The molecule has 0 unspecified atom stereocenters. The molecule has 1 N–H and O–H groups in total. The zero-order chi connectivity index (χ0) is 12.3. The van der Waals surface area contributed by atoms with Crippen LogP contribution >= 0.6 is 0 Å². The van der Waals surface area contributed by atoms with Crippen molar-refractivity contribution in [2.75, 3.05) is 7.11 Å². The molecular weight excluding hydrogens is 214 g/mol. The summed E-state index contributed by atoms with van der Waals surface area (Å²) in [6.45, 7) is 1.96. The Balaban J connectivity index is 2.41. The first-order valence-electron chi connectivity index (χ1n) is 5.46. The molecule has 0 amide bonds. The summed E-state index contributed by atoms with van der Waals surface area (Å²) in [5.74, 6) is 0.823. The van der Waals surface area contributed by atoms with Crippen molar-refractivity contribution < 1.29 is 9.84 Å². The minimum Gasteiger partial charge on any atom is -0.497 e. The van der Waals surface area contributed by atoms with Crippen molar-refractivity contribution in [3.63, 3.8) is 0 Å². The number of hydrogen-bond acceptors (Lipinski definition) is 3. The topological polar surface area (TPSA) is 42.4 Å². The van der Waals surface area contributed by atoms with Gasteiger partial charge in [0.2, 0.25) is 0 Å². The van der Waals surface area contributed by atoms with Gasteiger partial charge in [-0.2, -0.15) is 0 Å². The van der Waals surface area contributed by atoms with Gasteiger partial charge in [0.25, 0.3) is 0 Å². The molecule has 2 rings (SSSR count). The molecule has 1 heterocycles. The van der Waals surface area contributed by atoms with E-state index in [1.54, 1.807) is 7.11 Å². The molecule has 0 fully saturated rings. The molecule has 2 aromatic rings. The van der Waals surface area contributed by atoms with Gasteiger partial charge in [0, 0.05) is 11.3 Å². The predicted octanol–water partition coefficient (Wildman–Crippen LogP) is 2.56. The number of aliphatic hydroxyl groups excluding tert-OH is 1. The van der Waals surface area contributed by atoms with Gasteiger partial charge in [-0.3, -0.25) is 4.98 Å². The van der Waals surface area contributed by atoms with E-state index in [0.29, 0.717) is 0 Å². The Labute approximate surface area is 101 Å². The van der Waals surface area contributed by atoms with Crippen LogP contribution in [0.15, 0.2) is 36.4 Å². The van der Waals surface area contributed by atoms with Crippen molar-refractivity contribution in [1.82, 2.24) is 4.98 Å². The van der Waals surface area contributed by atoms with Crippen LogP contribution in [0, 0.1) is 6.92 Å². The molecule has 0 aliphatic carbocycles. The smallest absolute Gasteiger partial charge is 0.118 e. The lowest BCUT2D eigenvalue weighted by atomic mass is 10.1. The standard InChI is InChI=1S/C14H15NO2/c1-10-7-11(9-16)8-14(15-10)12-3-5-13(17-2)6-4-12/h3-8,16H,9H2,1-2H3. The third-order valence-electron chi connectivity index (χ3n) is 2.58. The van der Waals surface area contributed by atoms with Crippen molar-refractivity contribution >= 4 is 0 Å². The fraction of sp³-hybridized carbons (Fsp3) is 0.214. The van der Waals surface area contributed by atoms with E-state index in [9.17, 15) is 0 Å². The highest BCUT2D eigenvalue weighted by Crippen LogP contribution is 2.22. The number of aliphatic hydroxyl groups is 1. The summed E-state index contributed by atoms with van der Waals surface area (Å²) in [4.78, 5) is 4.46. The van der Waals surface area contributed by atoms with Crippen molar-refractivity contribution in [2.24, 2.45) is 0 Å². The second-order valence-electron chi connectivity index (χ2n) is 3.89. The number of aryl methyl sites for hydroxylation is 1. The average Bonchev–Trinajstić information content (AvgIpc) is 2.38. The van der Waals surface area contributed by atoms with Crippen LogP contribution < -0.4 is 4.74 Å². The van der Waals surface area contributed by atoms with Crippen LogP contribution in [0.3, 0.4) is 0 Å². The van der Waals surface area contributed by atoms with Gasteiger partial charge in [-0.15, -0.1) is 0 Å². The molecule has 88 valence electrons. The number of methoxy groups -OCH3 is 1. The SMILES string of the molecule is COc1ccc(-c2cc(CO)cc(C)n2)cc1. The summed E-state index contributed by atoms with van der Waals surface area (Å²) in [6, 6.07) is 11.5. The Morgan fingerprint density at radius 2 is 1.88 bits per heavy atom. The molecule has 1 aromatic carbocycles.